The minimum absolute atomic E-state index is 0. The Morgan fingerprint density at radius 3 is 1.16 bits per heavy atom. The lowest BCUT2D eigenvalue weighted by Crippen LogP contribution is -3.00. The van der Waals surface area contributed by atoms with E-state index in [1.165, 1.54) is 89.9 Å². The number of ether oxygens (including phenoxy) is 2. The summed E-state index contributed by atoms with van der Waals surface area (Å²) in [5.41, 5.74) is 14.3. The number of nitrogens with one attached hydrogen (secondary N) is 1. The summed E-state index contributed by atoms with van der Waals surface area (Å²) in [6.45, 7) is 5.37. The van der Waals surface area contributed by atoms with E-state index in [-0.39, 0.29) is 60.3 Å². The van der Waals surface area contributed by atoms with Gasteiger partial charge in [0.25, 0.3) is 0 Å². The van der Waals surface area contributed by atoms with Crippen LogP contribution in [0.25, 0.3) is 0 Å². The third-order valence-corrected chi connectivity index (χ3v) is 11.6. The van der Waals surface area contributed by atoms with E-state index in [1.807, 2.05) is 39.5 Å². The second kappa shape index (κ2) is 32.3. The standard InChI is InChI=1S/C51H71N5O6.2BrH/c1-3-5-7-9-11-13-15-17-19-24-36-61-50(59)46-43(38-55-32-28-41(29-33-55)48(52)57)54-44(39-56-34-30-42(31-35-56)49(53)58)47(45(46)40-26-22-21-23-27-40)51(60)62-37-25-20-18-16-14-12-10-8-6-4-2;;/h21-23,26-35,45H,3-20,24-25,36-39H2,1-2H3,(H3-2,52,53,54,57,58,59,60);2*1H. The molecule has 5 N–H and O–H groups in total. The molecule has 0 atom stereocenters. The normalized spacial score (nSPS) is 12.5. The molecule has 1 aromatic carbocycles. The molecule has 64 heavy (non-hydrogen) atoms. The number of hydrogen-bond donors (Lipinski definition) is 3. The molecular weight excluding hydrogens is 938 g/mol. The topological polar surface area (TPSA) is 159 Å². The van der Waals surface area contributed by atoms with E-state index in [0.29, 0.717) is 33.7 Å². The lowest BCUT2D eigenvalue weighted by Gasteiger charge is -2.31. The molecular formula is C51H73Br2N5O6. The van der Waals surface area contributed by atoms with Crippen molar-refractivity contribution in [1.29, 1.82) is 0 Å². The van der Waals surface area contributed by atoms with Gasteiger partial charge in [-0.3, -0.25) is 9.59 Å². The number of primary amides is 2. The van der Waals surface area contributed by atoms with Crippen molar-refractivity contribution in [2.75, 3.05) is 13.2 Å². The first-order valence-electron chi connectivity index (χ1n) is 23.4. The quantitative estimate of drug-likeness (QED) is 0.0509. The first-order valence-corrected chi connectivity index (χ1v) is 23.4. The fraction of sp³-hybridized carbons (Fsp3) is 0.529. The number of nitrogens with two attached hydrogens (primary N) is 2. The summed E-state index contributed by atoms with van der Waals surface area (Å²) >= 11 is 0. The number of rotatable bonds is 31. The van der Waals surface area contributed by atoms with Gasteiger partial charge in [-0.2, -0.15) is 9.13 Å². The van der Waals surface area contributed by atoms with Crippen molar-refractivity contribution in [2.24, 2.45) is 11.5 Å². The molecule has 352 valence electrons. The number of hydrogen-bond acceptors (Lipinski definition) is 7. The maximum absolute atomic E-state index is 14.6. The Hall–Kier alpha value is -4.36. The smallest absolute Gasteiger partial charge is 0.337 e. The zero-order chi connectivity index (χ0) is 44.4. The van der Waals surface area contributed by atoms with Crippen LogP contribution in [0.5, 0.6) is 0 Å². The van der Waals surface area contributed by atoms with Gasteiger partial charge in [0.1, 0.15) is 0 Å². The summed E-state index contributed by atoms with van der Waals surface area (Å²) in [6.07, 6.45) is 30.1. The van der Waals surface area contributed by atoms with E-state index in [0.717, 1.165) is 44.1 Å². The SMILES string of the molecule is CCCCCCCCCCCCOC(=O)C1=C(C[n+]2ccc(C(N)=O)cc2)NC(C[n+]2ccc(C(N)=O)cc2)=C(C(=O)OCCCCCCCCCCCC)C1c1ccccc1.[Br-].[Br-]. The average Bonchev–Trinajstić information content (AvgIpc) is 3.27. The van der Waals surface area contributed by atoms with Gasteiger partial charge < -0.3 is 60.2 Å². The molecule has 2 aromatic heterocycles. The molecule has 1 aliphatic heterocycles. The predicted octanol–water partition coefficient (Wildman–Crippen LogP) is 2.99. The summed E-state index contributed by atoms with van der Waals surface area (Å²) < 4.78 is 15.8. The van der Waals surface area contributed by atoms with Crippen molar-refractivity contribution in [3.05, 3.63) is 119 Å². The van der Waals surface area contributed by atoms with Gasteiger partial charge in [0.2, 0.25) is 11.8 Å². The molecule has 3 heterocycles. The lowest BCUT2D eigenvalue weighted by atomic mass is 9.80. The summed E-state index contributed by atoms with van der Waals surface area (Å²) in [5, 5.41) is 3.51. The molecule has 0 spiro atoms. The molecule has 2 amide bonds. The van der Waals surface area contributed by atoms with Crippen LogP contribution in [0.15, 0.2) is 102 Å². The molecule has 0 fully saturated rings. The zero-order valence-corrected chi connectivity index (χ0v) is 41.5. The third-order valence-electron chi connectivity index (χ3n) is 11.6. The van der Waals surface area contributed by atoms with Crippen molar-refractivity contribution in [3.8, 4) is 0 Å². The van der Waals surface area contributed by atoms with Crippen LogP contribution in [-0.2, 0) is 32.2 Å². The molecule has 4 rings (SSSR count). The van der Waals surface area contributed by atoms with E-state index in [2.05, 4.69) is 19.2 Å². The number of benzene rings is 1. The minimum atomic E-state index is -0.821. The number of nitrogens with zero attached hydrogens (tertiary/aromatic N) is 2. The molecule has 13 heteroatoms. The second-order valence-electron chi connectivity index (χ2n) is 16.6. The van der Waals surface area contributed by atoms with Crippen molar-refractivity contribution < 1.29 is 71.7 Å². The number of esters is 2. The van der Waals surface area contributed by atoms with Gasteiger partial charge in [-0.1, -0.05) is 160 Å². The second-order valence-corrected chi connectivity index (χ2v) is 16.6. The average molecular weight is 1010 g/mol. The van der Waals surface area contributed by atoms with Crippen LogP contribution in [-0.4, -0.2) is 37.0 Å². The monoisotopic (exact) mass is 1010 g/mol. The lowest BCUT2D eigenvalue weighted by molar-refractivity contribution is -0.692. The summed E-state index contributed by atoms with van der Waals surface area (Å²) in [5.74, 6) is -2.93. The number of carbonyl (C=O) groups excluding carboxylic acids is 4. The van der Waals surface area contributed by atoms with Crippen LogP contribution in [0, 0.1) is 0 Å². The summed E-state index contributed by atoms with van der Waals surface area (Å²) in [4.78, 5) is 53.0. The van der Waals surface area contributed by atoms with Crippen LogP contribution in [0.1, 0.15) is 174 Å². The largest absolute Gasteiger partial charge is 1.00 e. The summed E-state index contributed by atoms with van der Waals surface area (Å²) in [6, 6.07) is 16.0. The fourth-order valence-electron chi connectivity index (χ4n) is 8.00. The molecule has 11 nitrogen and oxygen atoms in total. The highest BCUT2D eigenvalue weighted by Gasteiger charge is 2.42. The number of halogens is 2. The molecule has 1 aliphatic rings. The fourth-order valence-corrected chi connectivity index (χ4v) is 8.00. The number of unbranched alkanes of at least 4 members (excludes halogenated alkanes) is 18. The van der Waals surface area contributed by atoms with Gasteiger partial charge in [-0.25, -0.2) is 9.59 Å². The zero-order valence-electron chi connectivity index (χ0n) is 38.3. The van der Waals surface area contributed by atoms with Gasteiger partial charge in [-0.05, 0) is 18.4 Å². The molecule has 3 aromatic rings. The number of dihydropyridines is 1. The van der Waals surface area contributed by atoms with Crippen molar-refractivity contribution >= 4 is 23.8 Å². The third kappa shape index (κ3) is 19.4. The van der Waals surface area contributed by atoms with Gasteiger partial charge in [0.05, 0.1) is 52.8 Å². The van der Waals surface area contributed by atoms with E-state index < -0.39 is 29.7 Å². The molecule has 0 radical (unpaired) electrons. The van der Waals surface area contributed by atoms with E-state index in [4.69, 9.17) is 20.9 Å². The Balaban J connectivity index is 0.00000704. The van der Waals surface area contributed by atoms with Gasteiger partial charge in [0.15, 0.2) is 37.9 Å². The number of amides is 2. The van der Waals surface area contributed by atoms with Crippen molar-refractivity contribution in [3.63, 3.8) is 0 Å². The van der Waals surface area contributed by atoms with Crippen LogP contribution in [0.2, 0.25) is 0 Å². The van der Waals surface area contributed by atoms with Crippen LogP contribution >= 0.6 is 0 Å². The van der Waals surface area contributed by atoms with Crippen molar-refractivity contribution in [2.45, 2.75) is 161 Å². The highest BCUT2D eigenvalue weighted by Crippen LogP contribution is 2.40. The molecule has 0 unspecified atom stereocenters. The number of allylic oxidation sites excluding steroid dienone is 2. The molecule has 0 saturated heterocycles. The maximum atomic E-state index is 14.6. The number of aromatic nitrogens is 2. The number of carbonyl (C=O) groups is 4. The first kappa shape index (κ1) is 55.8. The van der Waals surface area contributed by atoms with Gasteiger partial charge in [0, 0.05) is 24.3 Å². The first-order chi connectivity index (χ1) is 30.2. The molecule has 0 bridgehead atoms. The highest BCUT2D eigenvalue weighted by molar-refractivity contribution is 6.00. The number of pyridine rings is 2. The van der Waals surface area contributed by atoms with Crippen LogP contribution < -0.4 is 59.9 Å². The van der Waals surface area contributed by atoms with E-state index >= 15 is 0 Å². The minimum Gasteiger partial charge on any atom is -1.00 e. The van der Waals surface area contributed by atoms with Crippen LogP contribution in [0.4, 0.5) is 0 Å². The highest BCUT2D eigenvalue weighted by atomic mass is 79.9. The van der Waals surface area contributed by atoms with Gasteiger partial charge in [-0.15, -0.1) is 0 Å². The van der Waals surface area contributed by atoms with E-state index in [1.54, 1.807) is 49.1 Å². The predicted molar refractivity (Wildman–Crippen MR) is 242 cm³/mol. The Kier molecular flexibility index (Phi) is 28.2. The maximum Gasteiger partial charge on any atom is 0.337 e. The Labute approximate surface area is 403 Å². The Bertz CT molecular complexity index is 1790. The van der Waals surface area contributed by atoms with Gasteiger partial charge >= 0.3 is 11.9 Å². The Morgan fingerprint density at radius 2 is 0.828 bits per heavy atom. The summed E-state index contributed by atoms with van der Waals surface area (Å²) in [7, 11) is 0. The van der Waals surface area contributed by atoms with Crippen LogP contribution in [0.3, 0.4) is 0 Å². The molecule has 0 aliphatic carbocycles. The Morgan fingerprint density at radius 1 is 0.500 bits per heavy atom. The van der Waals surface area contributed by atoms with E-state index in [9.17, 15) is 19.2 Å². The van der Waals surface area contributed by atoms with Crippen molar-refractivity contribution in [1.82, 2.24) is 5.32 Å². The molecule has 0 saturated carbocycles.